The standard InChI is InChI=1S/C23H22NSi/c1-3-23(25,4-2)17-13-15-18(16-14-17)24-21-11-7-5-9-19(21)20-10-6-8-12-22(20)24/h5-16H,3-4H2,1-2H3. The van der Waals surface area contributed by atoms with Crippen molar-refractivity contribution in [2.24, 2.45) is 0 Å². The highest BCUT2D eigenvalue weighted by Crippen LogP contribution is 2.33. The maximum atomic E-state index is 4.00. The average Bonchev–Trinajstić information content (AvgIpc) is 3.02. The summed E-state index contributed by atoms with van der Waals surface area (Å²) in [5, 5.41) is 2.68. The smallest absolute Gasteiger partial charge is 0.0541 e. The number of para-hydroxylation sites is 2. The number of aromatic nitrogens is 1. The zero-order valence-electron chi connectivity index (χ0n) is 14.8. The molecule has 3 radical (unpaired) electrons. The fourth-order valence-corrected chi connectivity index (χ4v) is 3.96. The third-order valence-corrected chi connectivity index (χ3v) is 6.46. The predicted octanol–water partition coefficient (Wildman–Crippen LogP) is 5.97. The number of fused-ring (bicyclic) bond motifs is 3. The molecule has 1 aromatic heterocycles. The van der Waals surface area contributed by atoms with Crippen molar-refractivity contribution in [3.05, 3.63) is 78.4 Å². The summed E-state index contributed by atoms with van der Waals surface area (Å²) in [5.41, 5.74) is 5.07. The van der Waals surface area contributed by atoms with Gasteiger partial charge in [0.1, 0.15) is 0 Å². The third kappa shape index (κ3) is 2.52. The molecule has 0 bridgehead atoms. The number of benzene rings is 3. The Balaban J connectivity index is 1.92. The molecule has 4 aromatic rings. The Morgan fingerprint density at radius 3 is 1.68 bits per heavy atom. The van der Waals surface area contributed by atoms with Gasteiger partial charge in [-0.15, -0.1) is 0 Å². The van der Waals surface area contributed by atoms with Crippen molar-refractivity contribution in [3.8, 4) is 5.69 Å². The molecule has 0 spiro atoms. The van der Waals surface area contributed by atoms with Crippen LogP contribution in [0, 0.1) is 0 Å². The second kappa shape index (κ2) is 6.20. The van der Waals surface area contributed by atoms with Crippen LogP contribution < -0.4 is 0 Å². The Morgan fingerprint density at radius 2 is 1.20 bits per heavy atom. The van der Waals surface area contributed by atoms with Gasteiger partial charge in [0.2, 0.25) is 0 Å². The summed E-state index contributed by atoms with van der Waals surface area (Å²) in [7, 11) is 4.00. The van der Waals surface area contributed by atoms with Gasteiger partial charge in [0, 0.05) is 26.7 Å². The summed E-state index contributed by atoms with van der Waals surface area (Å²) >= 11 is 0. The first-order valence-corrected chi connectivity index (χ1v) is 9.52. The zero-order chi connectivity index (χ0) is 17.4. The SMILES string of the molecule is CCC([Si])(CC)c1ccc(-n2c3ccccc3c3ccccc32)cc1. The van der Waals surface area contributed by atoms with E-state index >= 15 is 0 Å². The lowest BCUT2D eigenvalue weighted by Crippen LogP contribution is -2.24. The van der Waals surface area contributed by atoms with E-state index < -0.39 is 0 Å². The maximum Gasteiger partial charge on any atom is 0.0541 e. The van der Waals surface area contributed by atoms with E-state index in [0.29, 0.717) is 0 Å². The lowest BCUT2D eigenvalue weighted by atomic mass is 9.92. The van der Waals surface area contributed by atoms with Crippen molar-refractivity contribution >= 4 is 32.0 Å². The lowest BCUT2D eigenvalue weighted by molar-refractivity contribution is 0.565. The first kappa shape index (κ1) is 16.2. The number of nitrogens with zero attached hydrogens (tertiary/aromatic N) is 1. The van der Waals surface area contributed by atoms with E-state index in [2.05, 4.69) is 101 Å². The molecule has 25 heavy (non-hydrogen) atoms. The molecule has 0 N–H and O–H groups in total. The van der Waals surface area contributed by atoms with Gasteiger partial charge in [-0.25, -0.2) is 0 Å². The summed E-state index contributed by atoms with van der Waals surface area (Å²) in [5.74, 6) is 0. The van der Waals surface area contributed by atoms with Gasteiger partial charge in [-0.05, 0) is 47.7 Å². The number of hydrogen-bond acceptors (Lipinski definition) is 0. The highest BCUT2D eigenvalue weighted by molar-refractivity contribution is 6.16. The Hall–Kier alpha value is -2.32. The zero-order valence-corrected chi connectivity index (χ0v) is 15.8. The Morgan fingerprint density at radius 1 is 0.720 bits per heavy atom. The van der Waals surface area contributed by atoms with Crippen LogP contribution in [0.15, 0.2) is 72.8 Å². The molecule has 4 rings (SSSR count). The highest BCUT2D eigenvalue weighted by Gasteiger charge is 2.22. The van der Waals surface area contributed by atoms with Crippen molar-refractivity contribution in [3.63, 3.8) is 0 Å². The molecule has 0 amide bonds. The van der Waals surface area contributed by atoms with E-state index in [1.54, 1.807) is 0 Å². The van der Waals surface area contributed by atoms with Crippen molar-refractivity contribution in [1.29, 1.82) is 0 Å². The van der Waals surface area contributed by atoms with E-state index in [1.165, 1.54) is 33.1 Å². The fourth-order valence-electron chi connectivity index (χ4n) is 3.79. The summed E-state index contributed by atoms with van der Waals surface area (Å²) in [6.07, 6.45) is 2.16. The van der Waals surface area contributed by atoms with E-state index in [9.17, 15) is 0 Å². The second-order valence-electron chi connectivity index (χ2n) is 6.71. The van der Waals surface area contributed by atoms with Gasteiger partial charge in [-0.1, -0.05) is 62.4 Å². The molecule has 0 atom stereocenters. The minimum absolute atomic E-state index is 0.0688. The largest absolute Gasteiger partial charge is 0.309 e. The van der Waals surface area contributed by atoms with Gasteiger partial charge >= 0.3 is 0 Å². The van der Waals surface area contributed by atoms with Crippen LogP contribution in [0.5, 0.6) is 0 Å². The van der Waals surface area contributed by atoms with Crippen LogP contribution in [0.2, 0.25) is 0 Å². The lowest BCUT2D eigenvalue weighted by Gasteiger charge is -2.27. The minimum Gasteiger partial charge on any atom is -0.309 e. The topological polar surface area (TPSA) is 4.93 Å². The Kier molecular flexibility index (Phi) is 4.01. The maximum absolute atomic E-state index is 4.00. The monoisotopic (exact) mass is 340 g/mol. The van der Waals surface area contributed by atoms with Gasteiger partial charge in [-0.3, -0.25) is 0 Å². The van der Waals surface area contributed by atoms with Crippen molar-refractivity contribution < 1.29 is 0 Å². The number of rotatable bonds is 4. The van der Waals surface area contributed by atoms with Crippen LogP contribution in [0.25, 0.3) is 27.5 Å². The fraction of sp³-hybridized carbons (Fsp3) is 0.217. The minimum atomic E-state index is 0.0688. The first-order valence-electron chi connectivity index (χ1n) is 9.02. The molecule has 1 heterocycles. The molecule has 1 nitrogen and oxygen atoms in total. The van der Waals surface area contributed by atoms with Crippen molar-refractivity contribution in [1.82, 2.24) is 4.57 Å². The van der Waals surface area contributed by atoms with E-state index in [0.717, 1.165) is 12.8 Å². The molecule has 0 saturated carbocycles. The van der Waals surface area contributed by atoms with Gasteiger partial charge in [0.05, 0.1) is 11.0 Å². The van der Waals surface area contributed by atoms with Crippen LogP contribution in [0.4, 0.5) is 0 Å². The van der Waals surface area contributed by atoms with E-state index in [-0.39, 0.29) is 5.04 Å². The highest BCUT2D eigenvalue weighted by atomic mass is 28.1. The van der Waals surface area contributed by atoms with E-state index in [4.69, 9.17) is 0 Å². The average molecular weight is 341 g/mol. The van der Waals surface area contributed by atoms with Gasteiger partial charge in [0.15, 0.2) is 0 Å². The molecule has 0 fully saturated rings. The van der Waals surface area contributed by atoms with Crippen LogP contribution in [0.1, 0.15) is 32.3 Å². The molecular weight excluding hydrogens is 318 g/mol. The molecular formula is C23H22NSi. The molecule has 0 unspecified atom stereocenters. The van der Waals surface area contributed by atoms with Crippen molar-refractivity contribution in [2.75, 3.05) is 0 Å². The summed E-state index contributed by atoms with van der Waals surface area (Å²) < 4.78 is 2.36. The summed E-state index contributed by atoms with van der Waals surface area (Å²) in [6, 6.07) is 26.3. The normalized spacial score (nSPS) is 12.1. The molecule has 2 heteroatoms. The van der Waals surface area contributed by atoms with Gasteiger partial charge in [0.25, 0.3) is 0 Å². The molecule has 3 aromatic carbocycles. The first-order chi connectivity index (χ1) is 12.2. The van der Waals surface area contributed by atoms with Crippen LogP contribution >= 0.6 is 0 Å². The molecule has 123 valence electrons. The molecule has 0 aliphatic carbocycles. The second-order valence-corrected chi connectivity index (χ2v) is 7.66. The van der Waals surface area contributed by atoms with Gasteiger partial charge < -0.3 is 4.57 Å². The summed E-state index contributed by atoms with van der Waals surface area (Å²) in [4.78, 5) is 0. The van der Waals surface area contributed by atoms with Crippen LogP contribution in [-0.2, 0) is 5.04 Å². The van der Waals surface area contributed by atoms with Crippen LogP contribution in [-0.4, -0.2) is 14.8 Å². The Labute approximate surface area is 152 Å². The summed E-state index contributed by atoms with van der Waals surface area (Å²) in [6.45, 7) is 4.47. The molecule has 0 aliphatic rings. The Bertz CT molecular complexity index is 970. The number of hydrogen-bond donors (Lipinski definition) is 0. The van der Waals surface area contributed by atoms with E-state index in [1.807, 2.05) is 0 Å². The molecule has 0 saturated heterocycles. The molecule has 0 aliphatic heterocycles. The van der Waals surface area contributed by atoms with Crippen LogP contribution in [0.3, 0.4) is 0 Å². The van der Waals surface area contributed by atoms with Gasteiger partial charge in [-0.2, -0.15) is 0 Å². The predicted molar refractivity (Wildman–Crippen MR) is 109 cm³/mol. The van der Waals surface area contributed by atoms with Crippen molar-refractivity contribution in [2.45, 2.75) is 31.7 Å². The quantitative estimate of drug-likeness (QED) is 0.403. The third-order valence-electron chi connectivity index (χ3n) is 5.47.